The largest absolute Gasteiger partial charge is 0.330 e. The van der Waals surface area contributed by atoms with Gasteiger partial charge in [-0.25, -0.2) is 0 Å². The molecule has 1 aromatic heterocycles. The zero-order valence-corrected chi connectivity index (χ0v) is 8.52. The first kappa shape index (κ1) is 10.7. The summed E-state index contributed by atoms with van der Waals surface area (Å²) in [5.41, 5.74) is 11.9. The second-order valence-electron chi connectivity index (χ2n) is 2.70. The first-order valence-electron chi connectivity index (χ1n) is 3.91. The summed E-state index contributed by atoms with van der Waals surface area (Å²) in [6, 6.07) is -0.215. The number of hydrogen-bond donors (Lipinski definition) is 2. The fourth-order valence-electron chi connectivity index (χ4n) is 1.10. The van der Waals surface area contributed by atoms with E-state index in [1.165, 1.54) is 12.4 Å². The van der Waals surface area contributed by atoms with Crippen LogP contribution in [0.4, 0.5) is 0 Å². The van der Waals surface area contributed by atoms with Crippen molar-refractivity contribution in [2.75, 3.05) is 6.54 Å². The third-order valence-corrected chi connectivity index (χ3v) is 2.34. The maximum absolute atomic E-state index is 5.89. The van der Waals surface area contributed by atoms with E-state index in [1.807, 2.05) is 0 Å². The highest BCUT2D eigenvalue weighted by Gasteiger charge is 2.13. The van der Waals surface area contributed by atoms with Gasteiger partial charge in [-0.3, -0.25) is 4.98 Å². The summed E-state index contributed by atoms with van der Waals surface area (Å²) in [5, 5.41) is 0.988. The van der Waals surface area contributed by atoms with E-state index >= 15 is 0 Å². The Morgan fingerprint density at radius 1 is 1.31 bits per heavy atom. The summed E-state index contributed by atoms with van der Waals surface area (Å²) in [5.74, 6) is 0. The Kier molecular flexibility index (Phi) is 3.93. The van der Waals surface area contributed by atoms with E-state index in [0.29, 0.717) is 23.0 Å². The Bertz CT molecular complexity index is 270. The Morgan fingerprint density at radius 3 is 2.31 bits per heavy atom. The van der Waals surface area contributed by atoms with Crippen LogP contribution in [-0.4, -0.2) is 11.5 Å². The van der Waals surface area contributed by atoms with Gasteiger partial charge in [0.1, 0.15) is 0 Å². The molecule has 4 N–H and O–H groups in total. The Morgan fingerprint density at radius 2 is 1.85 bits per heavy atom. The van der Waals surface area contributed by atoms with Crippen molar-refractivity contribution in [1.29, 1.82) is 0 Å². The quantitative estimate of drug-likeness (QED) is 0.815. The van der Waals surface area contributed by atoms with E-state index in [4.69, 9.17) is 34.7 Å². The van der Waals surface area contributed by atoms with Gasteiger partial charge in [0.05, 0.1) is 10.0 Å². The highest BCUT2D eigenvalue weighted by atomic mass is 35.5. The van der Waals surface area contributed by atoms with Crippen molar-refractivity contribution in [3.63, 3.8) is 0 Å². The second kappa shape index (κ2) is 4.77. The van der Waals surface area contributed by atoms with Gasteiger partial charge in [-0.15, -0.1) is 0 Å². The van der Waals surface area contributed by atoms with Crippen LogP contribution in [0.5, 0.6) is 0 Å². The van der Waals surface area contributed by atoms with E-state index in [1.54, 1.807) is 0 Å². The molecule has 0 spiro atoms. The summed E-state index contributed by atoms with van der Waals surface area (Å²) in [6.45, 7) is 0.510. The normalized spacial score (nSPS) is 12.9. The lowest BCUT2D eigenvalue weighted by Crippen LogP contribution is -2.16. The van der Waals surface area contributed by atoms with E-state index in [-0.39, 0.29) is 6.04 Å². The first-order chi connectivity index (χ1) is 6.16. The molecule has 1 heterocycles. The van der Waals surface area contributed by atoms with Crippen LogP contribution >= 0.6 is 23.2 Å². The fourth-order valence-corrected chi connectivity index (χ4v) is 1.74. The van der Waals surface area contributed by atoms with Crippen LogP contribution < -0.4 is 11.5 Å². The molecule has 13 heavy (non-hydrogen) atoms. The average Bonchev–Trinajstić information content (AvgIpc) is 2.04. The highest BCUT2D eigenvalue weighted by Crippen LogP contribution is 2.29. The van der Waals surface area contributed by atoms with Crippen molar-refractivity contribution in [3.8, 4) is 0 Å². The fraction of sp³-hybridized carbons (Fsp3) is 0.375. The lowest BCUT2D eigenvalue weighted by Gasteiger charge is -2.13. The standard InChI is InChI=1S/C8H11Cl2N3/c9-5-3-13-4-6(10)8(5)7(12)1-2-11/h3-4,7H,1-2,11-12H2/t7-/m0/s1. The second-order valence-corrected chi connectivity index (χ2v) is 3.52. The zero-order valence-electron chi connectivity index (χ0n) is 7.00. The molecule has 0 amide bonds. The molecular weight excluding hydrogens is 209 g/mol. The molecule has 0 fully saturated rings. The van der Waals surface area contributed by atoms with Crippen LogP contribution in [0, 0.1) is 0 Å². The third-order valence-electron chi connectivity index (χ3n) is 1.74. The molecule has 0 unspecified atom stereocenters. The minimum Gasteiger partial charge on any atom is -0.330 e. The lowest BCUT2D eigenvalue weighted by atomic mass is 10.1. The van der Waals surface area contributed by atoms with Crippen molar-refractivity contribution in [2.45, 2.75) is 12.5 Å². The molecule has 0 bridgehead atoms. The number of pyridine rings is 1. The molecule has 5 heteroatoms. The third kappa shape index (κ3) is 2.54. The average molecular weight is 220 g/mol. The van der Waals surface area contributed by atoms with Crippen molar-refractivity contribution < 1.29 is 0 Å². The number of halogens is 2. The molecule has 0 aliphatic rings. The van der Waals surface area contributed by atoms with Gasteiger partial charge in [0.2, 0.25) is 0 Å². The van der Waals surface area contributed by atoms with Crippen molar-refractivity contribution in [3.05, 3.63) is 28.0 Å². The van der Waals surface area contributed by atoms with Gasteiger partial charge < -0.3 is 11.5 Å². The molecule has 0 radical (unpaired) electrons. The number of aromatic nitrogens is 1. The Balaban J connectivity index is 2.98. The number of rotatable bonds is 3. The Hall–Kier alpha value is -0.350. The smallest absolute Gasteiger partial charge is 0.0651 e. The Labute approximate surface area is 87.0 Å². The van der Waals surface area contributed by atoms with Gasteiger partial charge in [-0.05, 0) is 13.0 Å². The lowest BCUT2D eigenvalue weighted by molar-refractivity contribution is 0.661. The molecule has 0 aromatic carbocycles. The van der Waals surface area contributed by atoms with Gasteiger partial charge in [-0.2, -0.15) is 0 Å². The molecular formula is C8H11Cl2N3. The van der Waals surface area contributed by atoms with E-state index in [0.717, 1.165) is 5.56 Å². The number of hydrogen-bond acceptors (Lipinski definition) is 3. The zero-order chi connectivity index (χ0) is 9.84. The summed E-state index contributed by atoms with van der Waals surface area (Å²) < 4.78 is 0. The molecule has 1 rings (SSSR count). The molecule has 1 aromatic rings. The van der Waals surface area contributed by atoms with E-state index in [2.05, 4.69) is 4.98 Å². The number of nitrogens with zero attached hydrogens (tertiary/aromatic N) is 1. The minimum atomic E-state index is -0.215. The monoisotopic (exact) mass is 219 g/mol. The van der Waals surface area contributed by atoms with Gasteiger partial charge in [0, 0.05) is 24.0 Å². The first-order valence-corrected chi connectivity index (χ1v) is 4.67. The van der Waals surface area contributed by atoms with Crippen molar-refractivity contribution >= 4 is 23.2 Å². The molecule has 3 nitrogen and oxygen atoms in total. The predicted molar refractivity (Wildman–Crippen MR) is 54.9 cm³/mol. The van der Waals surface area contributed by atoms with Crippen LogP contribution in [0.15, 0.2) is 12.4 Å². The van der Waals surface area contributed by atoms with Gasteiger partial charge >= 0.3 is 0 Å². The molecule has 0 saturated heterocycles. The van der Waals surface area contributed by atoms with Gasteiger partial charge in [0.15, 0.2) is 0 Å². The highest BCUT2D eigenvalue weighted by molar-refractivity contribution is 6.35. The van der Waals surface area contributed by atoms with Gasteiger partial charge in [0.25, 0.3) is 0 Å². The maximum atomic E-state index is 5.89. The van der Waals surface area contributed by atoms with Crippen LogP contribution in [0.1, 0.15) is 18.0 Å². The summed E-state index contributed by atoms with van der Waals surface area (Å²) in [4.78, 5) is 3.84. The van der Waals surface area contributed by atoms with Crippen molar-refractivity contribution in [1.82, 2.24) is 4.98 Å². The van der Waals surface area contributed by atoms with Crippen LogP contribution in [0.3, 0.4) is 0 Å². The number of nitrogens with two attached hydrogens (primary N) is 2. The van der Waals surface area contributed by atoms with E-state index in [9.17, 15) is 0 Å². The van der Waals surface area contributed by atoms with Crippen LogP contribution in [0.2, 0.25) is 10.0 Å². The molecule has 72 valence electrons. The van der Waals surface area contributed by atoms with Crippen LogP contribution in [-0.2, 0) is 0 Å². The molecule has 0 saturated carbocycles. The van der Waals surface area contributed by atoms with Gasteiger partial charge in [-0.1, -0.05) is 23.2 Å². The topological polar surface area (TPSA) is 64.9 Å². The molecule has 0 aliphatic heterocycles. The minimum absolute atomic E-state index is 0.215. The van der Waals surface area contributed by atoms with Crippen LogP contribution in [0.25, 0.3) is 0 Å². The van der Waals surface area contributed by atoms with E-state index < -0.39 is 0 Å². The molecule has 1 atom stereocenters. The van der Waals surface area contributed by atoms with Crippen molar-refractivity contribution in [2.24, 2.45) is 11.5 Å². The summed E-state index contributed by atoms with van der Waals surface area (Å²) >= 11 is 11.8. The molecule has 0 aliphatic carbocycles. The maximum Gasteiger partial charge on any atom is 0.0651 e. The predicted octanol–water partition coefficient (Wildman–Crippen LogP) is 1.74. The summed E-state index contributed by atoms with van der Waals surface area (Å²) in [6.07, 6.45) is 3.71. The summed E-state index contributed by atoms with van der Waals surface area (Å²) in [7, 11) is 0. The SMILES string of the molecule is NCC[C@H](N)c1c(Cl)cncc1Cl.